The molecule has 0 radical (unpaired) electrons. The van der Waals surface area contributed by atoms with Gasteiger partial charge in [0.15, 0.2) is 5.78 Å². The number of nitrogen functional groups attached to an aromatic ring is 1. The molecule has 1 heterocycles. The number of anilines is 1. The van der Waals surface area contributed by atoms with Gasteiger partial charge in [-0.2, -0.15) is 0 Å². The highest BCUT2D eigenvalue weighted by Gasteiger charge is 2.17. The zero-order chi connectivity index (χ0) is 16.1. The van der Waals surface area contributed by atoms with Gasteiger partial charge in [0.05, 0.1) is 11.8 Å². The quantitative estimate of drug-likeness (QED) is 0.647. The summed E-state index contributed by atoms with van der Waals surface area (Å²) in [6.07, 6.45) is 3.17. The number of nitrogens with zero attached hydrogens (tertiary/aromatic N) is 1. The third-order valence-corrected chi connectivity index (χ3v) is 4.09. The van der Waals surface area contributed by atoms with Gasteiger partial charge in [0.1, 0.15) is 5.75 Å². The lowest BCUT2D eigenvalue weighted by atomic mass is 9.99. The maximum atomic E-state index is 12.3. The summed E-state index contributed by atoms with van der Waals surface area (Å²) >= 11 is 0. The molecule has 1 saturated heterocycles. The van der Waals surface area contributed by atoms with E-state index in [2.05, 4.69) is 11.8 Å². The third-order valence-electron chi connectivity index (χ3n) is 4.09. The Balaban J connectivity index is 1.90. The van der Waals surface area contributed by atoms with Gasteiger partial charge < -0.3 is 15.4 Å². The molecule has 0 saturated carbocycles. The van der Waals surface area contributed by atoms with Gasteiger partial charge in [0.2, 0.25) is 0 Å². The van der Waals surface area contributed by atoms with Crippen LogP contribution in [0.3, 0.4) is 0 Å². The minimum atomic E-state index is 0.0740. The Morgan fingerprint density at radius 1 is 1.45 bits per heavy atom. The molecule has 2 rings (SSSR count). The number of carbonyl (C=O) groups excluding carboxylic acids is 1. The molecule has 1 aliphatic heterocycles. The summed E-state index contributed by atoms with van der Waals surface area (Å²) in [4.78, 5) is 14.7. The number of hydrogen-bond acceptors (Lipinski definition) is 4. The van der Waals surface area contributed by atoms with E-state index in [1.54, 1.807) is 12.1 Å². The van der Waals surface area contributed by atoms with Crippen LogP contribution in [0.25, 0.3) is 0 Å². The first-order valence-corrected chi connectivity index (χ1v) is 8.27. The molecule has 1 aromatic carbocycles. The number of ether oxygens (including phenoxy) is 1. The predicted molar refractivity (Wildman–Crippen MR) is 90.4 cm³/mol. The summed E-state index contributed by atoms with van der Waals surface area (Å²) in [5.74, 6) is 1.55. The van der Waals surface area contributed by atoms with Crippen LogP contribution < -0.4 is 10.5 Å². The van der Waals surface area contributed by atoms with Crippen LogP contribution in [0.4, 0.5) is 5.69 Å². The first kappa shape index (κ1) is 16.8. The Hall–Kier alpha value is -1.55. The van der Waals surface area contributed by atoms with Crippen molar-refractivity contribution in [1.82, 2.24) is 4.90 Å². The van der Waals surface area contributed by atoms with E-state index < -0.39 is 0 Å². The topological polar surface area (TPSA) is 55.6 Å². The zero-order valence-corrected chi connectivity index (χ0v) is 14.0. The van der Waals surface area contributed by atoms with Crippen LogP contribution in [0.2, 0.25) is 0 Å². The van der Waals surface area contributed by atoms with E-state index in [9.17, 15) is 4.79 Å². The molecule has 1 atom stereocenters. The van der Waals surface area contributed by atoms with Crippen LogP contribution in [0, 0.1) is 5.92 Å². The Bertz CT molecular complexity index is 514. The molecule has 1 aliphatic rings. The van der Waals surface area contributed by atoms with Crippen LogP contribution in [-0.4, -0.2) is 36.4 Å². The Kier molecular flexibility index (Phi) is 5.83. The molecule has 4 heteroatoms. The summed E-state index contributed by atoms with van der Waals surface area (Å²) in [5.41, 5.74) is 7.19. The van der Waals surface area contributed by atoms with Crippen LogP contribution >= 0.6 is 0 Å². The first-order chi connectivity index (χ1) is 10.5. The minimum Gasteiger partial charge on any atom is -0.489 e. The summed E-state index contributed by atoms with van der Waals surface area (Å²) in [6, 6.07) is 5.35. The molecule has 22 heavy (non-hydrogen) atoms. The lowest BCUT2D eigenvalue weighted by Crippen LogP contribution is -2.35. The van der Waals surface area contributed by atoms with E-state index in [4.69, 9.17) is 10.5 Å². The second kappa shape index (κ2) is 7.63. The number of piperidine rings is 1. The minimum absolute atomic E-state index is 0.0740. The maximum absolute atomic E-state index is 12.3. The van der Waals surface area contributed by atoms with Gasteiger partial charge >= 0.3 is 0 Å². The zero-order valence-electron chi connectivity index (χ0n) is 14.0. The Morgan fingerprint density at radius 2 is 2.23 bits per heavy atom. The fourth-order valence-electron chi connectivity index (χ4n) is 2.98. The van der Waals surface area contributed by atoms with Crippen LogP contribution in [0.5, 0.6) is 5.75 Å². The van der Waals surface area contributed by atoms with Gasteiger partial charge in [-0.05, 0) is 57.4 Å². The van der Waals surface area contributed by atoms with Crippen molar-refractivity contribution in [2.24, 2.45) is 5.92 Å². The van der Waals surface area contributed by atoms with Crippen LogP contribution in [0.15, 0.2) is 18.2 Å². The largest absolute Gasteiger partial charge is 0.489 e. The maximum Gasteiger partial charge on any atom is 0.164 e. The highest BCUT2D eigenvalue weighted by molar-refractivity contribution is 5.97. The number of rotatable bonds is 6. The SMILES string of the molecule is CC1CCCN(CCC(=O)c2ccc(OC(C)C)c(N)c2)C1. The molecule has 122 valence electrons. The van der Waals surface area contributed by atoms with Crippen molar-refractivity contribution in [1.29, 1.82) is 0 Å². The third kappa shape index (κ3) is 4.73. The number of carbonyl (C=O) groups is 1. The highest BCUT2D eigenvalue weighted by atomic mass is 16.5. The Morgan fingerprint density at radius 3 is 2.86 bits per heavy atom. The second-order valence-corrected chi connectivity index (χ2v) is 6.64. The molecule has 0 aromatic heterocycles. The molecule has 0 spiro atoms. The van der Waals surface area contributed by atoms with Crippen molar-refractivity contribution in [3.05, 3.63) is 23.8 Å². The van der Waals surface area contributed by atoms with Gasteiger partial charge in [-0.25, -0.2) is 0 Å². The van der Waals surface area contributed by atoms with E-state index in [0.29, 0.717) is 23.4 Å². The lowest BCUT2D eigenvalue weighted by Gasteiger charge is -2.30. The predicted octanol–water partition coefficient (Wildman–Crippen LogP) is 3.36. The highest BCUT2D eigenvalue weighted by Crippen LogP contribution is 2.24. The molecule has 4 nitrogen and oxygen atoms in total. The average Bonchev–Trinajstić information content (AvgIpc) is 2.46. The fourth-order valence-corrected chi connectivity index (χ4v) is 2.98. The summed E-state index contributed by atoms with van der Waals surface area (Å²) in [5, 5.41) is 0. The number of likely N-dealkylation sites (tertiary alicyclic amines) is 1. The van der Waals surface area contributed by atoms with E-state index >= 15 is 0 Å². The smallest absolute Gasteiger partial charge is 0.164 e. The van der Waals surface area contributed by atoms with Gasteiger partial charge in [0.25, 0.3) is 0 Å². The number of Topliss-reactive ketones (excluding diaryl/α,β-unsaturated/α-hetero) is 1. The molecule has 0 amide bonds. The standard InChI is InChI=1S/C18H28N2O2/c1-13(2)22-18-7-6-15(11-16(18)19)17(21)8-10-20-9-4-5-14(3)12-20/h6-7,11,13-14H,4-5,8-10,12,19H2,1-3H3. The number of nitrogens with two attached hydrogens (primary N) is 1. The van der Waals surface area contributed by atoms with Gasteiger partial charge in [-0.3, -0.25) is 4.79 Å². The second-order valence-electron chi connectivity index (χ2n) is 6.64. The molecule has 0 bridgehead atoms. The monoisotopic (exact) mass is 304 g/mol. The molecular weight excluding hydrogens is 276 g/mol. The van der Waals surface area contributed by atoms with E-state index in [-0.39, 0.29) is 11.9 Å². The lowest BCUT2D eigenvalue weighted by molar-refractivity contribution is 0.0949. The van der Waals surface area contributed by atoms with Gasteiger partial charge in [-0.15, -0.1) is 0 Å². The molecule has 1 unspecified atom stereocenters. The molecular formula is C18H28N2O2. The van der Waals surface area contributed by atoms with Crippen molar-refractivity contribution in [3.8, 4) is 5.75 Å². The molecule has 1 aromatic rings. The van der Waals surface area contributed by atoms with Crippen molar-refractivity contribution in [3.63, 3.8) is 0 Å². The van der Waals surface area contributed by atoms with Crippen molar-refractivity contribution < 1.29 is 9.53 Å². The number of hydrogen-bond donors (Lipinski definition) is 1. The summed E-state index contributed by atoms with van der Waals surface area (Å²) in [7, 11) is 0. The van der Waals surface area contributed by atoms with E-state index in [1.165, 1.54) is 12.8 Å². The van der Waals surface area contributed by atoms with Crippen molar-refractivity contribution in [2.45, 2.75) is 46.1 Å². The normalized spacial score (nSPS) is 19.4. The number of ketones is 1. The Labute approximate surface area is 133 Å². The van der Waals surface area contributed by atoms with Crippen LogP contribution in [0.1, 0.15) is 50.4 Å². The molecule has 2 N–H and O–H groups in total. The van der Waals surface area contributed by atoms with Gasteiger partial charge in [0, 0.05) is 25.1 Å². The van der Waals surface area contributed by atoms with Crippen molar-refractivity contribution in [2.75, 3.05) is 25.4 Å². The summed E-state index contributed by atoms with van der Waals surface area (Å²) in [6.45, 7) is 9.25. The number of benzene rings is 1. The van der Waals surface area contributed by atoms with Gasteiger partial charge in [-0.1, -0.05) is 6.92 Å². The van der Waals surface area contributed by atoms with E-state index in [1.807, 2.05) is 19.9 Å². The average molecular weight is 304 g/mol. The fraction of sp³-hybridized carbons (Fsp3) is 0.611. The van der Waals surface area contributed by atoms with E-state index in [0.717, 1.165) is 25.6 Å². The molecule has 0 aliphatic carbocycles. The van der Waals surface area contributed by atoms with Crippen LogP contribution in [-0.2, 0) is 0 Å². The van der Waals surface area contributed by atoms with Crippen molar-refractivity contribution >= 4 is 11.5 Å². The first-order valence-electron chi connectivity index (χ1n) is 8.27. The molecule has 1 fully saturated rings. The summed E-state index contributed by atoms with van der Waals surface area (Å²) < 4.78 is 5.60.